The zero-order chi connectivity index (χ0) is 32.9. The van der Waals surface area contributed by atoms with Crippen LogP contribution in [0, 0.1) is 0 Å². The second kappa shape index (κ2) is 22.2. The van der Waals surface area contributed by atoms with Gasteiger partial charge in [0.05, 0.1) is 30.4 Å². The summed E-state index contributed by atoms with van der Waals surface area (Å²) >= 11 is 0. The molecule has 0 spiro atoms. The lowest BCUT2D eigenvalue weighted by Gasteiger charge is -2.29. The molecule has 0 saturated heterocycles. The maximum Gasteiger partial charge on any atom is 0.268 e. The second-order valence-electron chi connectivity index (χ2n) is 12.2. The van der Waals surface area contributed by atoms with Gasteiger partial charge in [0.2, 0.25) is 0 Å². The van der Waals surface area contributed by atoms with Crippen LogP contribution in [0.25, 0.3) is 0 Å². The van der Waals surface area contributed by atoms with Gasteiger partial charge in [0, 0.05) is 18.7 Å². The molecule has 2 atom stereocenters. The number of phosphoric ester groups is 1. The van der Waals surface area contributed by atoms with Gasteiger partial charge in [-0.25, -0.2) is 4.57 Å². The Morgan fingerprint density at radius 1 is 0.674 bits per heavy atom. The van der Waals surface area contributed by atoms with Crippen molar-refractivity contribution in [1.82, 2.24) is 4.90 Å². The Kier molecular flexibility index (Phi) is 18.4. The number of hydrogen-bond acceptors (Lipinski definition) is 7. The lowest BCUT2D eigenvalue weighted by Crippen LogP contribution is -2.45. The normalized spacial score (nSPS) is 14.9. The number of fused-ring (bicyclic) bond motifs is 1. The molecule has 9 nitrogen and oxygen atoms in total. The summed E-state index contributed by atoms with van der Waals surface area (Å²) in [5, 5.41) is 0. The van der Waals surface area contributed by atoms with Crippen molar-refractivity contribution in [3.05, 3.63) is 66.0 Å². The van der Waals surface area contributed by atoms with E-state index in [2.05, 4.69) is 6.92 Å². The van der Waals surface area contributed by atoms with Crippen LogP contribution in [0.5, 0.6) is 0 Å². The van der Waals surface area contributed by atoms with Crippen molar-refractivity contribution in [3.63, 3.8) is 0 Å². The summed E-state index contributed by atoms with van der Waals surface area (Å²) in [4.78, 5) is 39.8. The molecule has 2 aromatic rings. The van der Waals surface area contributed by atoms with E-state index < -0.39 is 32.3 Å². The van der Waals surface area contributed by atoms with Crippen LogP contribution in [0.2, 0.25) is 0 Å². The predicted octanol–water partition coefficient (Wildman–Crippen LogP) is 7.42. The topological polar surface area (TPSA) is 109 Å². The number of imide groups is 1. The molecule has 0 saturated carbocycles. The first kappa shape index (κ1) is 38.0. The van der Waals surface area contributed by atoms with Gasteiger partial charge in [-0.3, -0.25) is 19.1 Å². The molecule has 3 rings (SSSR count). The smallest absolute Gasteiger partial charge is 0.268 e. The van der Waals surface area contributed by atoms with Gasteiger partial charge in [0.15, 0.2) is 18.9 Å². The fraction of sp³-hybridized carbons (Fsp3) is 0.639. The quantitative estimate of drug-likeness (QED) is 0.0425. The largest absolute Gasteiger partial charge is 0.756 e. The minimum absolute atomic E-state index is 0.0237. The lowest BCUT2D eigenvalue weighted by atomic mass is 10.0. The molecule has 2 amide bonds. The van der Waals surface area contributed by atoms with Crippen LogP contribution in [0.4, 0.5) is 0 Å². The number of aromatic nitrogens is 1. The Morgan fingerprint density at radius 2 is 1.17 bits per heavy atom. The van der Waals surface area contributed by atoms with E-state index in [4.69, 9.17) is 13.8 Å². The van der Waals surface area contributed by atoms with Crippen LogP contribution in [-0.4, -0.2) is 49.2 Å². The van der Waals surface area contributed by atoms with Crippen molar-refractivity contribution in [1.29, 1.82) is 0 Å². The third-order valence-corrected chi connectivity index (χ3v) is 9.41. The standard InChI is InChI=1S/C36H55N2O7P/c1-2-3-4-5-6-7-8-9-10-11-12-13-14-15-16-22-28-43-30-32(38-35(39)33-23-18-19-24-34(33)36(38)40)31-45-46(41,42)44-29-27-37-25-20-17-21-26-37/h17-21,23-26,32H,2-16,22,27-31H2,1H3. The van der Waals surface area contributed by atoms with Crippen LogP contribution in [0.3, 0.4) is 0 Å². The highest BCUT2D eigenvalue weighted by atomic mass is 31.2. The number of hydrogen-bond donors (Lipinski definition) is 0. The number of amides is 2. The molecular formula is C36H55N2O7P. The first-order valence-corrected chi connectivity index (χ1v) is 19.0. The van der Waals surface area contributed by atoms with Gasteiger partial charge in [-0.2, -0.15) is 0 Å². The Morgan fingerprint density at radius 3 is 1.70 bits per heavy atom. The van der Waals surface area contributed by atoms with E-state index in [1.165, 1.54) is 83.5 Å². The molecule has 256 valence electrons. The fourth-order valence-electron chi connectivity index (χ4n) is 5.76. The van der Waals surface area contributed by atoms with E-state index in [0.29, 0.717) is 13.2 Å². The van der Waals surface area contributed by atoms with Gasteiger partial charge in [-0.05, 0) is 18.6 Å². The molecule has 10 heteroatoms. The summed E-state index contributed by atoms with van der Waals surface area (Å²) < 4.78 is 30.4. The maximum atomic E-state index is 13.1. The number of carbonyl (C=O) groups excluding carboxylic acids is 2. The van der Waals surface area contributed by atoms with Crippen molar-refractivity contribution in [2.45, 2.75) is 122 Å². The molecule has 46 heavy (non-hydrogen) atoms. The van der Waals surface area contributed by atoms with E-state index in [1.807, 2.05) is 18.2 Å². The molecule has 1 aliphatic heterocycles. The van der Waals surface area contributed by atoms with Gasteiger partial charge < -0.3 is 18.7 Å². The van der Waals surface area contributed by atoms with E-state index in [9.17, 15) is 19.0 Å². The number of ether oxygens (including phenoxy) is 1. The van der Waals surface area contributed by atoms with Crippen molar-refractivity contribution in [2.75, 3.05) is 26.4 Å². The Labute approximate surface area is 276 Å². The summed E-state index contributed by atoms with van der Waals surface area (Å²) in [6, 6.07) is 11.2. The molecule has 2 heterocycles. The number of phosphoric acid groups is 1. The highest BCUT2D eigenvalue weighted by Gasteiger charge is 2.40. The van der Waals surface area contributed by atoms with Gasteiger partial charge in [-0.15, -0.1) is 0 Å². The number of rotatable bonds is 27. The summed E-state index contributed by atoms with van der Waals surface area (Å²) in [5.41, 5.74) is 0.577. The molecule has 0 aliphatic carbocycles. The monoisotopic (exact) mass is 658 g/mol. The third kappa shape index (κ3) is 14.1. The van der Waals surface area contributed by atoms with Crippen molar-refractivity contribution in [2.24, 2.45) is 0 Å². The van der Waals surface area contributed by atoms with Crippen LogP contribution in [-0.2, 0) is 24.9 Å². The predicted molar refractivity (Wildman–Crippen MR) is 177 cm³/mol. The molecule has 0 radical (unpaired) electrons. The third-order valence-electron chi connectivity index (χ3n) is 8.44. The Hall–Kier alpha value is -2.42. The van der Waals surface area contributed by atoms with Gasteiger partial charge >= 0.3 is 0 Å². The lowest BCUT2D eigenvalue weighted by molar-refractivity contribution is -0.697. The molecule has 0 bridgehead atoms. The number of benzene rings is 1. The number of carbonyl (C=O) groups is 2. The zero-order valence-corrected chi connectivity index (χ0v) is 28.7. The van der Waals surface area contributed by atoms with E-state index in [-0.39, 0.29) is 24.3 Å². The molecular weight excluding hydrogens is 603 g/mol. The molecule has 1 aromatic carbocycles. The highest BCUT2D eigenvalue weighted by molar-refractivity contribution is 7.45. The van der Waals surface area contributed by atoms with Gasteiger partial charge in [0.1, 0.15) is 6.61 Å². The highest BCUT2D eigenvalue weighted by Crippen LogP contribution is 2.39. The van der Waals surface area contributed by atoms with Gasteiger partial charge in [-0.1, -0.05) is 121 Å². The minimum atomic E-state index is -4.68. The van der Waals surface area contributed by atoms with Crippen molar-refractivity contribution < 1.29 is 37.4 Å². The summed E-state index contributed by atoms with van der Waals surface area (Å²) in [7, 11) is -4.68. The fourth-order valence-corrected chi connectivity index (χ4v) is 6.50. The van der Waals surface area contributed by atoms with E-state index in [0.717, 1.165) is 24.2 Å². The van der Waals surface area contributed by atoms with Crippen LogP contribution in [0.1, 0.15) is 130 Å². The second-order valence-corrected chi connectivity index (χ2v) is 13.7. The first-order valence-electron chi connectivity index (χ1n) is 17.5. The molecule has 0 N–H and O–H groups in total. The Bertz CT molecular complexity index is 1160. The van der Waals surface area contributed by atoms with Crippen molar-refractivity contribution in [3.8, 4) is 0 Å². The molecule has 0 fully saturated rings. The van der Waals surface area contributed by atoms with Gasteiger partial charge in [0.25, 0.3) is 19.6 Å². The number of nitrogens with zero attached hydrogens (tertiary/aromatic N) is 2. The minimum Gasteiger partial charge on any atom is -0.756 e. The zero-order valence-electron chi connectivity index (χ0n) is 27.8. The SMILES string of the molecule is CCCCCCCCCCCCCCCCCCOCC(COP(=O)([O-])OCC[n+]1ccccc1)N1C(=O)c2ccccc2C1=O. The Balaban J connectivity index is 1.32. The summed E-state index contributed by atoms with van der Waals surface area (Å²) in [6.45, 7) is 2.47. The van der Waals surface area contributed by atoms with E-state index >= 15 is 0 Å². The summed E-state index contributed by atoms with van der Waals surface area (Å²) in [6.07, 6.45) is 24.1. The molecule has 1 aliphatic rings. The van der Waals surface area contributed by atoms with Crippen LogP contribution < -0.4 is 9.46 Å². The van der Waals surface area contributed by atoms with Crippen LogP contribution >= 0.6 is 7.82 Å². The number of pyridine rings is 1. The van der Waals surface area contributed by atoms with Crippen molar-refractivity contribution >= 4 is 19.6 Å². The first-order chi connectivity index (χ1) is 22.4. The molecule has 2 unspecified atom stereocenters. The maximum absolute atomic E-state index is 13.1. The number of unbranched alkanes of at least 4 members (excludes halogenated alkanes) is 15. The molecule has 1 aromatic heterocycles. The summed E-state index contributed by atoms with van der Waals surface area (Å²) in [5.74, 6) is -0.968. The average Bonchev–Trinajstić information content (AvgIpc) is 3.31. The average molecular weight is 659 g/mol. The van der Waals surface area contributed by atoms with E-state index in [1.54, 1.807) is 41.2 Å². The van der Waals surface area contributed by atoms with Crippen LogP contribution in [0.15, 0.2) is 54.9 Å².